The fourth-order valence-electron chi connectivity index (χ4n) is 3.98. The van der Waals surface area contributed by atoms with Gasteiger partial charge >= 0.3 is 0 Å². The van der Waals surface area contributed by atoms with Crippen molar-refractivity contribution in [2.75, 3.05) is 26.2 Å². The minimum Gasteiger partial charge on any atom is -0.338 e. The average molecular weight is 476 g/mol. The van der Waals surface area contributed by atoms with Gasteiger partial charge in [-0.1, -0.05) is 32.9 Å². The number of fused-ring (bicyclic) bond motifs is 1. The van der Waals surface area contributed by atoms with Crippen LogP contribution in [0.4, 0.5) is 0 Å². The number of hydrogen-bond donors (Lipinski definition) is 1. The fourth-order valence-corrected chi connectivity index (χ4v) is 5.96. The van der Waals surface area contributed by atoms with Crippen molar-refractivity contribution < 1.29 is 13.2 Å². The van der Waals surface area contributed by atoms with Crippen molar-refractivity contribution in [1.82, 2.24) is 19.5 Å². The summed E-state index contributed by atoms with van der Waals surface area (Å²) in [5, 5.41) is 3.26. The molecule has 3 heterocycles. The van der Waals surface area contributed by atoms with Gasteiger partial charge in [-0.3, -0.25) is 19.4 Å². The molecule has 2 aliphatic heterocycles. The number of nitrogens with zero attached hydrogens (tertiary/aromatic N) is 4. The number of amides is 1. The maximum Gasteiger partial charge on any atom is 0.263 e. The van der Waals surface area contributed by atoms with Gasteiger partial charge in [0.25, 0.3) is 10.0 Å². The van der Waals surface area contributed by atoms with E-state index in [9.17, 15) is 13.2 Å². The summed E-state index contributed by atoms with van der Waals surface area (Å²) in [4.78, 5) is 26.9. The second-order valence-corrected chi connectivity index (χ2v) is 11.0. The number of aromatic nitrogens is 1. The monoisotopic (exact) mass is 475 g/mol. The van der Waals surface area contributed by atoms with Crippen LogP contribution in [-0.2, 0) is 27.8 Å². The molecule has 32 heavy (non-hydrogen) atoms. The number of carbonyl (C=O) groups is 1. The Morgan fingerprint density at radius 1 is 1.22 bits per heavy atom. The number of aliphatic imine (C=N–C) groups is 1. The van der Waals surface area contributed by atoms with Crippen molar-refractivity contribution in [3.63, 3.8) is 0 Å². The van der Waals surface area contributed by atoms with E-state index in [1.165, 1.54) is 0 Å². The standard InChI is InChI=1S/C22H29N5O3S2/c1-4-19-23-16(14-31-19)13-26-9-11-27(12-10-26)22(28)20(15(2)3)24-21-17-7-5-6-8-18(17)32(29,30)25-21/h5-8,14-15,20H,4,9-13H2,1-3H3,(H,24,25)/t20-/m0/s1. The minimum atomic E-state index is -3.63. The first-order chi connectivity index (χ1) is 15.3. The van der Waals surface area contributed by atoms with Gasteiger partial charge in [0.05, 0.1) is 15.6 Å². The number of hydrogen-bond acceptors (Lipinski definition) is 7. The van der Waals surface area contributed by atoms with Crippen LogP contribution in [0.5, 0.6) is 0 Å². The Morgan fingerprint density at radius 2 is 1.94 bits per heavy atom. The molecule has 1 amide bonds. The van der Waals surface area contributed by atoms with E-state index < -0.39 is 16.1 Å². The van der Waals surface area contributed by atoms with Crippen LogP contribution in [-0.4, -0.2) is 67.2 Å². The van der Waals surface area contributed by atoms with E-state index in [1.54, 1.807) is 35.6 Å². The number of thiazole rings is 1. The topological polar surface area (TPSA) is 95.0 Å². The fraction of sp³-hybridized carbons (Fsp3) is 0.500. The molecule has 1 N–H and O–H groups in total. The largest absolute Gasteiger partial charge is 0.338 e. The second kappa shape index (κ2) is 9.29. The number of piperazine rings is 1. The molecule has 172 valence electrons. The molecule has 1 atom stereocenters. The van der Waals surface area contributed by atoms with Gasteiger partial charge in [0, 0.05) is 43.7 Å². The van der Waals surface area contributed by atoms with Crippen molar-refractivity contribution in [1.29, 1.82) is 0 Å². The van der Waals surface area contributed by atoms with Crippen molar-refractivity contribution in [2.24, 2.45) is 10.9 Å². The SMILES string of the molecule is CCc1nc(CN2CCN(C(=O)[C@@H](N=C3NS(=O)(=O)c4ccccc43)C(C)C)CC2)cs1. The Labute approximate surface area is 193 Å². The Balaban J connectivity index is 1.44. The number of aryl methyl sites for hydroxylation is 1. The molecule has 2 aliphatic rings. The molecule has 1 saturated heterocycles. The molecule has 0 spiro atoms. The molecule has 1 aromatic heterocycles. The average Bonchev–Trinajstić information content (AvgIpc) is 3.33. The van der Waals surface area contributed by atoms with Gasteiger partial charge in [0.15, 0.2) is 0 Å². The van der Waals surface area contributed by atoms with Crippen LogP contribution >= 0.6 is 11.3 Å². The van der Waals surface area contributed by atoms with Gasteiger partial charge in [-0.25, -0.2) is 13.4 Å². The summed E-state index contributed by atoms with van der Waals surface area (Å²) in [5.74, 6) is 0.131. The van der Waals surface area contributed by atoms with Crippen LogP contribution in [0.15, 0.2) is 39.5 Å². The van der Waals surface area contributed by atoms with E-state index in [4.69, 9.17) is 0 Å². The molecule has 0 bridgehead atoms. The summed E-state index contributed by atoms with van der Waals surface area (Å²) in [6.45, 7) is 9.59. The molecular weight excluding hydrogens is 446 g/mol. The molecule has 4 rings (SSSR count). The van der Waals surface area contributed by atoms with Crippen LogP contribution in [0.3, 0.4) is 0 Å². The number of rotatable bonds is 6. The zero-order valence-electron chi connectivity index (χ0n) is 18.6. The van der Waals surface area contributed by atoms with Crippen LogP contribution in [0, 0.1) is 5.92 Å². The lowest BCUT2D eigenvalue weighted by Crippen LogP contribution is -2.51. The highest BCUT2D eigenvalue weighted by atomic mass is 32.2. The molecule has 1 fully saturated rings. The molecule has 10 heteroatoms. The second-order valence-electron chi connectivity index (χ2n) is 8.46. The Bertz CT molecular complexity index is 1120. The van der Waals surface area contributed by atoms with Crippen LogP contribution < -0.4 is 4.72 Å². The van der Waals surface area contributed by atoms with E-state index in [2.05, 4.69) is 31.9 Å². The van der Waals surface area contributed by atoms with Gasteiger partial charge in [-0.15, -0.1) is 11.3 Å². The van der Waals surface area contributed by atoms with Crippen molar-refractivity contribution in [3.8, 4) is 0 Å². The van der Waals surface area contributed by atoms with Crippen molar-refractivity contribution in [2.45, 2.75) is 44.7 Å². The summed E-state index contributed by atoms with van der Waals surface area (Å²) in [7, 11) is -3.63. The van der Waals surface area contributed by atoms with Crippen LogP contribution in [0.25, 0.3) is 0 Å². The van der Waals surface area contributed by atoms with E-state index in [0.717, 1.165) is 36.8 Å². The number of amidine groups is 1. The predicted molar refractivity (Wildman–Crippen MR) is 125 cm³/mol. The van der Waals surface area contributed by atoms with Gasteiger partial charge in [0.1, 0.15) is 11.9 Å². The molecule has 0 radical (unpaired) electrons. The first kappa shape index (κ1) is 22.9. The van der Waals surface area contributed by atoms with E-state index in [-0.39, 0.29) is 22.6 Å². The lowest BCUT2D eigenvalue weighted by atomic mass is 10.0. The molecule has 0 aliphatic carbocycles. The number of carbonyl (C=O) groups excluding carboxylic acids is 1. The summed E-state index contributed by atoms with van der Waals surface area (Å²) >= 11 is 1.69. The third-order valence-corrected chi connectivity index (χ3v) is 8.23. The van der Waals surface area contributed by atoms with E-state index >= 15 is 0 Å². The molecule has 8 nitrogen and oxygen atoms in total. The highest BCUT2D eigenvalue weighted by molar-refractivity contribution is 7.90. The highest BCUT2D eigenvalue weighted by Crippen LogP contribution is 2.24. The summed E-state index contributed by atoms with van der Waals surface area (Å²) < 4.78 is 27.3. The van der Waals surface area contributed by atoms with Gasteiger partial charge in [-0.2, -0.15) is 0 Å². The normalized spacial score (nSPS) is 20.4. The van der Waals surface area contributed by atoms with Crippen LogP contribution in [0.2, 0.25) is 0 Å². The molecule has 0 unspecified atom stereocenters. The van der Waals surface area contributed by atoms with E-state index in [0.29, 0.717) is 18.7 Å². The molecule has 2 aromatic rings. The van der Waals surface area contributed by atoms with Gasteiger partial charge in [-0.05, 0) is 24.5 Å². The zero-order chi connectivity index (χ0) is 22.9. The maximum absolute atomic E-state index is 13.3. The molecular formula is C22H29N5O3S2. The first-order valence-electron chi connectivity index (χ1n) is 10.9. The highest BCUT2D eigenvalue weighted by Gasteiger charge is 2.34. The van der Waals surface area contributed by atoms with Crippen molar-refractivity contribution >= 4 is 33.1 Å². The Kier molecular flexibility index (Phi) is 6.64. The Morgan fingerprint density at radius 3 is 2.59 bits per heavy atom. The quantitative estimate of drug-likeness (QED) is 0.691. The third-order valence-electron chi connectivity index (χ3n) is 5.79. The minimum absolute atomic E-state index is 0.0577. The maximum atomic E-state index is 13.3. The third kappa shape index (κ3) is 4.72. The van der Waals surface area contributed by atoms with Gasteiger partial charge < -0.3 is 4.90 Å². The van der Waals surface area contributed by atoms with Gasteiger partial charge in [0.2, 0.25) is 5.91 Å². The first-order valence-corrected chi connectivity index (χ1v) is 13.3. The number of nitrogens with one attached hydrogen (secondary N) is 1. The van der Waals surface area contributed by atoms with Crippen molar-refractivity contribution in [3.05, 3.63) is 45.9 Å². The Hall–Kier alpha value is -2.30. The predicted octanol–water partition coefficient (Wildman–Crippen LogP) is 2.11. The number of sulfonamides is 1. The molecule has 0 saturated carbocycles. The zero-order valence-corrected chi connectivity index (χ0v) is 20.2. The lowest BCUT2D eigenvalue weighted by molar-refractivity contribution is -0.135. The number of benzene rings is 1. The smallest absolute Gasteiger partial charge is 0.263 e. The van der Waals surface area contributed by atoms with Crippen LogP contribution in [0.1, 0.15) is 37.0 Å². The summed E-state index contributed by atoms with van der Waals surface area (Å²) in [6.07, 6.45) is 0.951. The summed E-state index contributed by atoms with van der Waals surface area (Å²) in [6, 6.07) is 6.08. The van der Waals surface area contributed by atoms with E-state index in [1.807, 2.05) is 18.7 Å². The molecule has 1 aromatic carbocycles. The lowest BCUT2D eigenvalue weighted by Gasteiger charge is -2.36. The summed E-state index contributed by atoms with van der Waals surface area (Å²) in [5.41, 5.74) is 1.61.